The van der Waals surface area contributed by atoms with Gasteiger partial charge in [0.25, 0.3) is 5.91 Å². The molecule has 152 valence electrons. The van der Waals surface area contributed by atoms with E-state index in [9.17, 15) is 13.2 Å². The lowest BCUT2D eigenvalue weighted by Crippen LogP contribution is -2.28. The van der Waals surface area contributed by atoms with Crippen LogP contribution < -0.4 is 5.32 Å². The number of hydrogen-bond acceptors (Lipinski definition) is 3. The van der Waals surface area contributed by atoms with Crippen LogP contribution in [0.4, 0.5) is 0 Å². The Hall–Kier alpha value is -3.09. The third-order valence-corrected chi connectivity index (χ3v) is 7.00. The average Bonchev–Trinajstić information content (AvgIpc) is 3.14. The minimum absolute atomic E-state index is 0.0149. The van der Waals surface area contributed by atoms with Crippen LogP contribution in [0.15, 0.2) is 88.7 Å². The number of carbonyl (C=O) groups excluding carboxylic acids is 1. The number of fused-ring (bicyclic) bond motifs is 1. The summed E-state index contributed by atoms with van der Waals surface area (Å²) in [6.07, 6.45) is 0. The van der Waals surface area contributed by atoms with E-state index in [1.165, 1.54) is 12.1 Å². The SMILES string of the molecule is CC(NC(=O)c1[nH]c2ccc(Cl)cc2c1S(=O)(=O)c1ccccc1)c1ccccc1. The van der Waals surface area contributed by atoms with E-state index in [1.54, 1.807) is 36.4 Å². The predicted octanol–water partition coefficient (Wildman–Crippen LogP) is 5.15. The van der Waals surface area contributed by atoms with Crippen molar-refractivity contribution in [2.24, 2.45) is 0 Å². The summed E-state index contributed by atoms with van der Waals surface area (Å²) in [6.45, 7) is 1.85. The number of carbonyl (C=O) groups is 1. The van der Waals surface area contributed by atoms with E-state index in [0.717, 1.165) is 5.56 Å². The van der Waals surface area contributed by atoms with Gasteiger partial charge in [0.15, 0.2) is 0 Å². The van der Waals surface area contributed by atoms with Crippen LogP contribution in [0.3, 0.4) is 0 Å². The minimum atomic E-state index is -3.97. The second-order valence-electron chi connectivity index (χ2n) is 6.94. The van der Waals surface area contributed by atoms with Gasteiger partial charge in [0.05, 0.1) is 10.9 Å². The molecule has 0 saturated heterocycles. The molecule has 4 aromatic rings. The summed E-state index contributed by atoms with van der Waals surface area (Å²) < 4.78 is 26.9. The second kappa shape index (κ2) is 7.97. The number of H-pyrrole nitrogens is 1. The Morgan fingerprint density at radius 1 is 0.967 bits per heavy atom. The molecule has 1 atom stereocenters. The summed E-state index contributed by atoms with van der Waals surface area (Å²) in [5.41, 5.74) is 1.42. The van der Waals surface area contributed by atoms with Crippen molar-refractivity contribution in [3.05, 3.63) is 95.1 Å². The molecule has 0 aliphatic carbocycles. The third kappa shape index (κ3) is 3.72. The predicted molar refractivity (Wildman–Crippen MR) is 118 cm³/mol. The maximum Gasteiger partial charge on any atom is 0.269 e. The number of halogens is 1. The van der Waals surface area contributed by atoms with Crippen molar-refractivity contribution in [1.82, 2.24) is 10.3 Å². The van der Waals surface area contributed by atoms with E-state index in [1.807, 2.05) is 37.3 Å². The van der Waals surface area contributed by atoms with Crippen molar-refractivity contribution in [2.75, 3.05) is 0 Å². The van der Waals surface area contributed by atoms with E-state index in [-0.39, 0.29) is 21.5 Å². The molecule has 0 radical (unpaired) electrons. The molecule has 0 aliphatic rings. The number of aromatic amines is 1. The standard InChI is InChI=1S/C23H19ClN2O3S/c1-15(16-8-4-2-5-9-16)25-23(27)21-22(19-14-17(24)12-13-20(19)26-21)30(28,29)18-10-6-3-7-11-18/h2-15,26H,1H3,(H,25,27). The molecule has 1 unspecified atom stereocenters. The summed E-state index contributed by atoms with van der Waals surface area (Å²) >= 11 is 6.13. The largest absolute Gasteiger partial charge is 0.349 e. The molecule has 0 bridgehead atoms. The topological polar surface area (TPSA) is 79.0 Å². The molecule has 30 heavy (non-hydrogen) atoms. The van der Waals surface area contributed by atoms with E-state index >= 15 is 0 Å². The second-order valence-corrected chi connectivity index (χ2v) is 9.26. The van der Waals surface area contributed by atoms with Gasteiger partial charge in [0.1, 0.15) is 10.6 Å². The highest BCUT2D eigenvalue weighted by molar-refractivity contribution is 7.91. The normalized spacial score (nSPS) is 12.6. The Balaban J connectivity index is 1.84. The van der Waals surface area contributed by atoms with Crippen LogP contribution in [0.5, 0.6) is 0 Å². The number of sulfone groups is 1. The van der Waals surface area contributed by atoms with Gasteiger partial charge in [-0.2, -0.15) is 0 Å². The van der Waals surface area contributed by atoms with E-state index in [2.05, 4.69) is 10.3 Å². The number of nitrogens with one attached hydrogen (secondary N) is 2. The first-order valence-electron chi connectivity index (χ1n) is 9.35. The molecule has 0 saturated carbocycles. The van der Waals surface area contributed by atoms with Crippen molar-refractivity contribution in [3.8, 4) is 0 Å². The lowest BCUT2D eigenvalue weighted by molar-refractivity contribution is 0.0932. The summed E-state index contributed by atoms with van der Waals surface area (Å²) in [5.74, 6) is -0.506. The molecule has 4 rings (SSSR count). The zero-order valence-electron chi connectivity index (χ0n) is 16.1. The van der Waals surface area contributed by atoms with Crippen LogP contribution >= 0.6 is 11.6 Å². The summed E-state index contributed by atoms with van der Waals surface area (Å²) in [7, 11) is -3.97. The zero-order chi connectivity index (χ0) is 21.3. The van der Waals surface area contributed by atoms with Crippen molar-refractivity contribution in [2.45, 2.75) is 22.8 Å². The highest BCUT2D eigenvalue weighted by Gasteiger charge is 2.30. The van der Waals surface area contributed by atoms with Gasteiger partial charge in [-0.1, -0.05) is 60.1 Å². The highest BCUT2D eigenvalue weighted by atomic mass is 35.5. The molecule has 2 N–H and O–H groups in total. The maximum atomic E-state index is 13.5. The van der Waals surface area contributed by atoms with Gasteiger partial charge in [-0.25, -0.2) is 8.42 Å². The van der Waals surface area contributed by atoms with Gasteiger partial charge >= 0.3 is 0 Å². The number of benzene rings is 3. The molecular formula is C23H19ClN2O3S. The molecule has 1 aromatic heterocycles. The van der Waals surface area contributed by atoms with Gasteiger partial charge in [-0.15, -0.1) is 0 Å². The lowest BCUT2D eigenvalue weighted by atomic mass is 10.1. The van der Waals surface area contributed by atoms with Gasteiger partial charge in [-0.3, -0.25) is 4.79 Å². The Labute approximate surface area is 179 Å². The number of amides is 1. The monoisotopic (exact) mass is 438 g/mol. The fraction of sp³-hybridized carbons (Fsp3) is 0.0870. The first-order valence-corrected chi connectivity index (χ1v) is 11.2. The highest BCUT2D eigenvalue weighted by Crippen LogP contribution is 2.33. The molecular weight excluding hydrogens is 420 g/mol. The minimum Gasteiger partial charge on any atom is -0.349 e. The first kappa shape index (κ1) is 20.2. The van der Waals surface area contributed by atoms with Gasteiger partial charge in [0.2, 0.25) is 9.84 Å². The number of rotatable bonds is 5. The van der Waals surface area contributed by atoms with Crippen LogP contribution in [0.1, 0.15) is 29.0 Å². The third-order valence-electron chi connectivity index (χ3n) is 4.91. The number of hydrogen-bond donors (Lipinski definition) is 2. The van der Waals surface area contributed by atoms with Crippen LogP contribution in [-0.4, -0.2) is 19.3 Å². The Morgan fingerprint density at radius 3 is 2.27 bits per heavy atom. The molecule has 0 fully saturated rings. The van der Waals surface area contributed by atoms with Crippen molar-refractivity contribution in [3.63, 3.8) is 0 Å². The smallest absolute Gasteiger partial charge is 0.269 e. The maximum absolute atomic E-state index is 13.5. The Kier molecular flexibility index (Phi) is 5.37. The van der Waals surface area contributed by atoms with Crippen LogP contribution in [-0.2, 0) is 9.84 Å². The average molecular weight is 439 g/mol. The fourth-order valence-electron chi connectivity index (χ4n) is 3.39. The van der Waals surface area contributed by atoms with Crippen molar-refractivity contribution in [1.29, 1.82) is 0 Å². The van der Waals surface area contributed by atoms with Gasteiger partial charge in [-0.05, 0) is 42.8 Å². The van der Waals surface area contributed by atoms with Crippen LogP contribution in [0, 0.1) is 0 Å². The molecule has 0 aliphatic heterocycles. The molecule has 1 amide bonds. The molecule has 1 heterocycles. The molecule has 7 heteroatoms. The summed E-state index contributed by atoms with van der Waals surface area (Å²) in [4.78, 5) is 16.1. The Bertz CT molecular complexity index is 1320. The fourth-order valence-corrected chi connectivity index (χ4v) is 5.18. The van der Waals surface area contributed by atoms with Crippen molar-refractivity contribution >= 4 is 38.2 Å². The van der Waals surface area contributed by atoms with Gasteiger partial charge < -0.3 is 10.3 Å². The molecule has 0 spiro atoms. The van der Waals surface area contributed by atoms with Crippen molar-refractivity contribution < 1.29 is 13.2 Å². The molecule has 3 aromatic carbocycles. The number of aromatic nitrogens is 1. The summed E-state index contributed by atoms with van der Waals surface area (Å²) in [5, 5.41) is 3.65. The first-order chi connectivity index (χ1) is 14.4. The zero-order valence-corrected chi connectivity index (χ0v) is 17.7. The van der Waals surface area contributed by atoms with E-state index < -0.39 is 15.7 Å². The van der Waals surface area contributed by atoms with E-state index in [0.29, 0.717) is 15.9 Å². The quantitative estimate of drug-likeness (QED) is 0.452. The lowest BCUT2D eigenvalue weighted by Gasteiger charge is -2.14. The summed E-state index contributed by atoms with van der Waals surface area (Å²) in [6, 6.07) is 22.1. The van der Waals surface area contributed by atoms with Crippen LogP contribution in [0.2, 0.25) is 5.02 Å². The van der Waals surface area contributed by atoms with E-state index in [4.69, 9.17) is 11.6 Å². The van der Waals surface area contributed by atoms with Crippen LogP contribution in [0.25, 0.3) is 10.9 Å². The van der Waals surface area contributed by atoms with Gasteiger partial charge in [0, 0.05) is 15.9 Å². The molecule has 5 nitrogen and oxygen atoms in total. The Morgan fingerprint density at radius 2 is 1.60 bits per heavy atom.